The summed E-state index contributed by atoms with van der Waals surface area (Å²) in [7, 11) is 2.07. The average Bonchev–Trinajstić information content (AvgIpc) is 3.08. The molecule has 0 amide bonds. The molecule has 25 heavy (non-hydrogen) atoms. The van der Waals surface area contributed by atoms with Crippen LogP contribution in [0.5, 0.6) is 0 Å². The lowest BCUT2D eigenvalue weighted by molar-refractivity contribution is 0.0732. The molecule has 1 aromatic carbocycles. The number of rotatable bonds is 5. The highest BCUT2D eigenvalue weighted by atomic mass is 16.3. The number of aliphatic hydroxyl groups excluding tert-OH is 1. The van der Waals surface area contributed by atoms with Crippen molar-refractivity contribution >= 4 is 5.82 Å². The van der Waals surface area contributed by atoms with Crippen LogP contribution < -0.4 is 15.8 Å². The third-order valence-corrected chi connectivity index (χ3v) is 5.27. The predicted molar refractivity (Wildman–Crippen MR) is 97.1 cm³/mol. The van der Waals surface area contributed by atoms with Gasteiger partial charge in [0.1, 0.15) is 12.1 Å². The molecule has 0 radical (unpaired) electrons. The van der Waals surface area contributed by atoms with Gasteiger partial charge in [0.15, 0.2) is 0 Å². The van der Waals surface area contributed by atoms with Crippen LogP contribution in [-0.2, 0) is 0 Å². The number of hydrogen-bond donors (Lipinski definition) is 3. The smallest absolute Gasteiger partial charge is 0.131 e. The first-order valence-corrected chi connectivity index (χ1v) is 8.96. The zero-order chi connectivity index (χ0) is 17.2. The van der Waals surface area contributed by atoms with Crippen molar-refractivity contribution in [1.29, 1.82) is 0 Å². The molecular formula is C19H25N5O. The van der Waals surface area contributed by atoms with Crippen LogP contribution in [0.2, 0.25) is 0 Å². The topological polar surface area (TPSA) is 73.3 Å². The third-order valence-electron chi connectivity index (χ3n) is 5.27. The standard InChI is InChI=1S/C19H25N5O/c1-24(19-10-17(20-12-21-19)14-7-16(25)8-14)11-15-9-18(23-22-15)13-5-3-2-4-6-13/h2-6,10,12,14-16,18,22-23,25H,7-9,11H2,1H3. The van der Waals surface area contributed by atoms with E-state index < -0.39 is 0 Å². The Morgan fingerprint density at radius 3 is 2.68 bits per heavy atom. The van der Waals surface area contributed by atoms with E-state index in [-0.39, 0.29) is 6.10 Å². The van der Waals surface area contributed by atoms with Gasteiger partial charge in [-0.15, -0.1) is 0 Å². The molecule has 2 atom stereocenters. The van der Waals surface area contributed by atoms with Crippen molar-refractivity contribution in [2.45, 2.75) is 43.4 Å². The van der Waals surface area contributed by atoms with E-state index in [0.717, 1.165) is 37.3 Å². The molecule has 2 aliphatic rings. The fraction of sp³-hybridized carbons (Fsp3) is 0.474. The predicted octanol–water partition coefficient (Wildman–Crippen LogP) is 1.76. The number of nitrogens with zero attached hydrogens (tertiary/aromatic N) is 3. The Morgan fingerprint density at radius 2 is 1.92 bits per heavy atom. The lowest BCUT2D eigenvalue weighted by atomic mass is 9.80. The molecule has 1 aromatic heterocycles. The summed E-state index contributed by atoms with van der Waals surface area (Å²) < 4.78 is 0. The molecule has 0 bridgehead atoms. The number of hydrazine groups is 1. The van der Waals surface area contributed by atoms with Gasteiger partial charge in [0.05, 0.1) is 6.10 Å². The van der Waals surface area contributed by atoms with Crippen LogP contribution in [0.1, 0.15) is 42.5 Å². The van der Waals surface area contributed by atoms with Gasteiger partial charge < -0.3 is 10.0 Å². The Bertz CT molecular complexity index is 704. The zero-order valence-electron chi connectivity index (χ0n) is 14.5. The summed E-state index contributed by atoms with van der Waals surface area (Å²) >= 11 is 0. The summed E-state index contributed by atoms with van der Waals surface area (Å²) in [5.41, 5.74) is 9.15. The van der Waals surface area contributed by atoms with E-state index in [2.05, 4.69) is 63.1 Å². The first-order valence-electron chi connectivity index (χ1n) is 8.96. The molecule has 132 valence electrons. The van der Waals surface area contributed by atoms with Crippen molar-refractivity contribution in [3.05, 3.63) is 54.0 Å². The van der Waals surface area contributed by atoms with Gasteiger partial charge in [0.25, 0.3) is 0 Å². The molecule has 2 fully saturated rings. The summed E-state index contributed by atoms with van der Waals surface area (Å²) in [6.07, 6.45) is 4.14. The number of likely N-dealkylation sites (N-methyl/N-ethyl adjacent to an activating group) is 1. The highest BCUT2D eigenvalue weighted by Crippen LogP contribution is 2.36. The first-order chi connectivity index (χ1) is 12.2. The van der Waals surface area contributed by atoms with E-state index in [9.17, 15) is 5.11 Å². The minimum absolute atomic E-state index is 0.162. The minimum atomic E-state index is -0.162. The summed E-state index contributed by atoms with van der Waals surface area (Å²) in [4.78, 5) is 11.0. The van der Waals surface area contributed by atoms with E-state index in [1.807, 2.05) is 6.07 Å². The Morgan fingerprint density at radius 1 is 1.12 bits per heavy atom. The number of aromatic nitrogens is 2. The molecule has 1 aliphatic carbocycles. The Hall–Kier alpha value is -2.02. The molecular weight excluding hydrogens is 314 g/mol. The number of benzene rings is 1. The second-order valence-corrected chi connectivity index (χ2v) is 7.19. The number of nitrogens with one attached hydrogen (secondary N) is 2. The fourth-order valence-electron chi connectivity index (χ4n) is 3.69. The summed E-state index contributed by atoms with van der Waals surface area (Å²) in [6.45, 7) is 0.875. The maximum absolute atomic E-state index is 9.50. The van der Waals surface area contributed by atoms with Crippen molar-refractivity contribution in [3.63, 3.8) is 0 Å². The molecule has 0 spiro atoms. The molecule has 1 saturated carbocycles. The van der Waals surface area contributed by atoms with Gasteiger partial charge in [-0.2, -0.15) is 0 Å². The van der Waals surface area contributed by atoms with Gasteiger partial charge >= 0.3 is 0 Å². The second-order valence-electron chi connectivity index (χ2n) is 7.19. The largest absolute Gasteiger partial charge is 0.393 e. The third kappa shape index (κ3) is 3.66. The van der Waals surface area contributed by atoms with Crippen LogP contribution in [0, 0.1) is 0 Å². The summed E-state index contributed by atoms with van der Waals surface area (Å²) in [6, 6.07) is 13.3. The van der Waals surface area contributed by atoms with Crippen LogP contribution in [0.25, 0.3) is 0 Å². The lowest BCUT2D eigenvalue weighted by Crippen LogP contribution is -2.39. The maximum atomic E-state index is 9.50. The highest BCUT2D eigenvalue weighted by molar-refractivity contribution is 5.39. The van der Waals surface area contributed by atoms with E-state index in [4.69, 9.17) is 0 Å². The monoisotopic (exact) mass is 339 g/mol. The number of hydrogen-bond acceptors (Lipinski definition) is 6. The van der Waals surface area contributed by atoms with Crippen LogP contribution >= 0.6 is 0 Å². The summed E-state index contributed by atoms with van der Waals surface area (Å²) in [5.74, 6) is 1.32. The Balaban J connectivity index is 1.36. The van der Waals surface area contributed by atoms with Crippen molar-refractivity contribution in [2.75, 3.05) is 18.5 Å². The molecule has 6 nitrogen and oxygen atoms in total. The molecule has 1 saturated heterocycles. The van der Waals surface area contributed by atoms with Gasteiger partial charge in [-0.3, -0.25) is 5.43 Å². The van der Waals surface area contributed by atoms with Gasteiger partial charge in [-0.05, 0) is 24.8 Å². The van der Waals surface area contributed by atoms with Crippen molar-refractivity contribution in [2.24, 2.45) is 0 Å². The molecule has 2 heterocycles. The van der Waals surface area contributed by atoms with Crippen molar-refractivity contribution < 1.29 is 5.11 Å². The van der Waals surface area contributed by atoms with Crippen molar-refractivity contribution in [1.82, 2.24) is 20.8 Å². The number of aliphatic hydroxyl groups is 1. The molecule has 2 aromatic rings. The summed E-state index contributed by atoms with van der Waals surface area (Å²) in [5, 5.41) is 9.50. The molecule has 6 heteroatoms. The SMILES string of the molecule is CN(CC1CC(c2ccccc2)NN1)c1cc(C2CC(O)C2)ncn1. The van der Waals surface area contributed by atoms with Crippen molar-refractivity contribution in [3.8, 4) is 0 Å². The minimum Gasteiger partial charge on any atom is -0.393 e. The Kier molecular flexibility index (Phi) is 4.65. The second kappa shape index (κ2) is 7.07. The quantitative estimate of drug-likeness (QED) is 0.771. The van der Waals surface area contributed by atoms with Crippen LogP contribution in [-0.4, -0.2) is 40.8 Å². The van der Waals surface area contributed by atoms with Gasteiger partial charge in [-0.25, -0.2) is 15.4 Å². The fourth-order valence-corrected chi connectivity index (χ4v) is 3.69. The average molecular weight is 339 g/mol. The molecule has 3 N–H and O–H groups in total. The first kappa shape index (κ1) is 16.4. The maximum Gasteiger partial charge on any atom is 0.131 e. The van der Waals surface area contributed by atoms with E-state index >= 15 is 0 Å². The van der Waals surface area contributed by atoms with Crippen LogP contribution in [0.4, 0.5) is 5.82 Å². The number of anilines is 1. The highest BCUT2D eigenvalue weighted by Gasteiger charge is 2.30. The van der Waals surface area contributed by atoms with E-state index in [0.29, 0.717) is 18.0 Å². The normalized spacial score (nSPS) is 28.6. The van der Waals surface area contributed by atoms with Gasteiger partial charge in [0, 0.05) is 43.4 Å². The lowest BCUT2D eigenvalue weighted by Gasteiger charge is -2.31. The molecule has 2 unspecified atom stereocenters. The molecule has 4 rings (SSSR count). The molecule has 1 aliphatic heterocycles. The van der Waals surface area contributed by atoms with Gasteiger partial charge in [0.2, 0.25) is 0 Å². The van der Waals surface area contributed by atoms with E-state index in [1.165, 1.54) is 5.56 Å². The van der Waals surface area contributed by atoms with Crippen LogP contribution in [0.3, 0.4) is 0 Å². The zero-order valence-corrected chi connectivity index (χ0v) is 14.5. The van der Waals surface area contributed by atoms with E-state index in [1.54, 1.807) is 6.33 Å². The van der Waals surface area contributed by atoms with Crippen LogP contribution in [0.15, 0.2) is 42.7 Å². The Labute approximate surface area is 148 Å². The van der Waals surface area contributed by atoms with Gasteiger partial charge in [-0.1, -0.05) is 30.3 Å².